The smallest absolute Gasteiger partial charge is 0.253 e. The molecule has 7 nitrogen and oxygen atoms in total. The first-order valence-electron chi connectivity index (χ1n) is 13.5. The predicted octanol–water partition coefficient (Wildman–Crippen LogP) is 5.12. The molecule has 2 amide bonds. The second kappa shape index (κ2) is 13.5. The van der Waals surface area contributed by atoms with Crippen LogP contribution in [0.25, 0.3) is 0 Å². The lowest BCUT2D eigenvalue weighted by atomic mass is 10.1. The first-order valence-corrected chi connectivity index (χ1v) is 13.5. The van der Waals surface area contributed by atoms with Gasteiger partial charge in [0, 0.05) is 50.5 Å². The Morgan fingerprint density at radius 3 is 2.26 bits per heavy atom. The van der Waals surface area contributed by atoms with Gasteiger partial charge in [-0.05, 0) is 48.7 Å². The fraction of sp³-hybridized carbons (Fsp3) is 0.355. The molecule has 38 heavy (non-hydrogen) atoms. The van der Waals surface area contributed by atoms with Crippen LogP contribution in [0.4, 0.5) is 17.1 Å². The molecule has 7 heteroatoms. The minimum atomic E-state index is -0.132. The average molecular weight is 515 g/mol. The molecule has 0 aliphatic carbocycles. The van der Waals surface area contributed by atoms with E-state index in [-0.39, 0.29) is 11.8 Å². The summed E-state index contributed by atoms with van der Waals surface area (Å²) in [7, 11) is 1.69. The van der Waals surface area contributed by atoms with Crippen molar-refractivity contribution in [3.05, 3.63) is 83.9 Å². The van der Waals surface area contributed by atoms with Crippen molar-refractivity contribution in [1.29, 1.82) is 0 Å². The van der Waals surface area contributed by atoms with Gasteiger partial charge in [0.15, 0.2) is 0 Å². The van der Waals surface area contributed by atoms with Gasteiger partial charge in [-0.1, -0.05) is 55.8 Å². The van der Waals surface area contributed by atoms with Crippen LogP contribution in [0, 0.1) is 0 Å². The summed E-state index contributed by atoms with van der Waals surface area (Å²) in [6.07, 6.45) is 3.03. The third-order valence-electron chi connectivity index (χ3n) is 6.87. The average Bonchev–Trinajstić information content (AvgIpc) is 2.96. The van der Waals surface area contributed by atoms with Crippen LogP contribution >= 0.6 is 0 Å². The normalized spacial score (nSPS) is 13.2. The summed E-state index contributed by atoms with van der Waals surface area (Å²) in [5.41, 5.74) is 4.37. The molecule has 200 valence electrons. The van der Waals surface area contributed by atoms with Gasteiger partial charge in [-0.2, -0.15) is 0 Å². The van der Waals surface area contributed by atoms with Crippen molar-refractivity contribution in [2.75, 3.05) is 55.0 Å². The predicted molar refractivity (Wildman–Crippen MR) is 154 cm³/mol. The van der Waals surface area contributed by atoms with E-state index < -0.39 is 0 Å². The standard InChI is InChI=1S/C31H38N4O3/c1-3-4-14-30(36)33-25-15-16-27(26(23-25)31(37)32-18-17-24-10-6-5-7-11-24)34-19-21-35(22-20-34)28-12-8-9-13-29(28)38-2/h5-13,15-16,23H,3-4,14,17-22H2,1-2H3,(H,32,37)(H,33,36). The van der Waals surface area contributed by atoms with Crippen LogP contribution in [0.15, 0.2) is 72.8 Å². The molecule has 0 bridgehead atoms. The van der Waals surface area contributed by atoms with E-state index in [9.17, 15) is 9.59 Å². The highest BCUT2D eigenvalue weighted by atomic mass is 16.5. The SMILES string of the molecule is CCCCC(=O)Nc1ccc(N2CCN(c3ccccc3OC)CC2)c(C(=O)NCCc2ccccc2)c1. The van der Waals surface area contributed by atoms with Crippen molar-refractivity contribution in [2.24, 2.45) is 0 Å². The van der Waals surface area contributed by atoms with Gasteiger partial charge in [-0.25, -0.2) is 0 Å². The second-order valence-electron chi connectivity index (χ2n) is 9.52. The number of piperazine rings is 1. The number of nitrogens with zero attached hydrogens (tertiary/aromatic N) is 2. The fourth-order valence-corrected chi connectivity index (χ4v) is 4.77. The van der Waals surface area contributed by atoms with E-state index >= 15 is 0 Å². The van der Waals surface area contributed by atoms with Crippen molar-refractivity contribution in [3.8, 4) is 5.75 Å². The summed E-state index contributed by atoms with van der Waals surface area (Å²) in [6.45, 7) is 5.76. The molecule has 1 aliphatic rings. The lowest BCUT2D eigenvalue weighted by Gasteiger charge is -2.38. The van der Waals surface area contributed by atoms with E-state index in [1.165, 1.54) is 5.56 Å². The van der Waals surface area contributed by atoms with Crippen LogP contribution in [0.1, 0.15) is 42.1 Å². The van der Waals surface area contributed by atoms with Gasteiger partial charge in [-0.3, -0.25) is 9.59 Å². The number of unbranched alkanes of at least 4 members (excludes halogenated alkanes) is 1. The number of anilines is 3. The molecule has 4 rings (SSSR count). The summed E-state index contributed by atoms with van der Waals surface area (Å²) >= 11 is 0. The summed E-state index contributed by atoms with van der Waals surface area (Å²) in [6, 6.07) is 23.8. The number of amides is 2. The number of para-hydroxylation sites is 2. The molecule has 3 aromatic rings. The number of benzene rings is 3. The highest BCUT2D eigenvalue weighted by molar-refractivity contribution is 6.02. The summed E-state index contributed by atoms with van der Waals surface area (Å²) in [5, 5.41) is 6.05. The Labute approximate surface area is 225 Å². The molecule has 0 aromatic heterocycles. The van der Waals surface area contributed by atoms with Gasteiger partial charge in [0.1, 0.15) is 5.75 Å². The van der Waals surface area contributed by atoms with Crippen LogP contribution in [-0.2, 0) is 11.2 Å². The number of hydrogen-bond donors (Lipinski definition) is 2. The number of hydrogen-bond acceptors (Lipinski definition) is 5. The molecular weight excluding hydrogens is 476 g/mol. The van der Waals surface area contributed by atoms with Crippen molar-refractivity contribution in [3.63, 3.8) is 0 Å². The fourth-order valence-electron chi connectivity index (χ4n) is 4.77. The van der Waals surface area contributed by atoms with Crippen LogP contribution < -0.4 is 25.2 Å². The van der Waals surface area contributed by atoms with Gasteiger partial charge < -0.3 is 25.2 Å². The largest absolute Gasteiger partial charge is 0.495 e. The summed E-state index contributed by atoms with van der Waals surface area (Å²) < 4.78 is 5.56. The molecule has 0 radical (unpaired) electrons. The van der Waals surface area contributed by atoms with Gasteiger partial charge in [0.25, 0.3) is 5.91 Å². The first-order chi connectivity index (χ1) is 18.6. The van der Waals surface area contributed by atoms with Crippen LogP contribution in [0.2, 0.25) is 0 Å². The maximum absolute atomic E-state index is 13.4. The Morgan fingerprint density at radius 2 is 1.55 bits per heavy atom. The Morgan fingerprint density at radius 1 is 0.868 bits per heavy atom. The van der Waals surface area contributed by atoms with Crippen molar-refractivity contribution in [1.82, 2.24) is 5.32 Å². The van der Waals surface area contributed by atoms with E-state index in [1.807, 2.05) is 54.6 Å². The molecule has 0 spiro atoms. The number of carbonyl (C=O) groups excluding carboxylic acids is 2. The van der Waals surface area contributed by atoms with Crippen LogP contribution in [-0.4, -0.2) is 51.6 Å². The van der Waals surface area contributed by atoms with Gasteiger partial charge in [-0.15, -0.1) is 0 Å². The van der Waals surface area contributed by atoms with Crippen molar-refractivity contribution < 1.29 is 14.3 Å². The van der Waals surface area contributed by atoms with Crippen molar-refractivity contribution in [2.45, 2.75) is 32.6 Å². The van der Waals surface area contributed by atoms with E-state index in [0.29, 0.717) is 24.2 Å². The van der Waals surface area contributed by atoms with E-state index in [1.54, 1.807) is 7.11 Å². The minimum absolute atomic E-state index is 0.0274. The summed E-state index contributed by atoms with van der Waals surface area (Å²) in [5.74, 6) is 0.704. The van der Waals surface area contributed by atoms with Gasteiger partial charge in [0.05, 0.1) is 18.4 Å². The molecule has 0 atom stereocenters. The first kappa shape index (κ1) is 27.0. The van der Waals surface area contributed by atoms with E-state index in [0.717, 1.165) is 62.6 Å². The van der Waals surface area contributed by atoms with Gasteiger partial charge in [0.2, 0.25) is 5.91 Å². The van der Waals surface area contributed by atoms with Gasteiger partial charge >= 0.3 is 0 Å². The Bertz CT molecular complexity index is 1210. The highest BCUT2D eigenvalue weighted by Gasteiger charge is 2.23. The number of nitrogens with one attached hydrogen (secondary N) is 2. The zero-order valence-corrected chi connectivity index (χ0v) is 22.4. The molecule has 1 aliphatic heterocycles. The molecule has 1 fully saturated rings. The van der Waals surface area contributed by atoms with Crippen molar-refractivity contribution >= 4 is 28.9 Å². The maximum atomic E-state index is 13.4. The molecule has 1 heterocycles. The maximum Gasteiger partial charge on any atom is 0.253 e. The minimum Gasteiger partial charge on any atom is -0.495 e. The lowest BCUT2D eigenvalue weighted by molar-refractivity contribution is -0.116. The van der Waals surface area contributed by atoms with Crippen LogP contribution in [0.5, 0.6) is 5.75 Å². The number of carbonyl (C=O) groups is 2. The zero-order valence-electron chi connectivity index (χ0n) is 22.4. The monoisotopic (exact) mass is 514 g/mol. The number of rotatable bonds is 11. The number of ether oxygens (including phenoxy) is 1. The van der Waals surface area contributed by atoms with Crippen LogP contribution in [0.3, 0.4) is 0 Å². The Hall–Kier alpha value is -4.00. The third kappa shape index (κ3) is 7.06. The Balaban J connectivity index is 1.48. The highest BCUT2D eigenvalue weighted by Crippen LogP contribution is 2.31. The molecular formula is C31H38N4O3. The molecule has 2 N–H and O–H groups in total. The third-order valence-corrected chi connectivity index (χ3v) is 6.87. The molecule has 1 saturated heterocycles. The quantitative estimate of drug-likeness (QED) is 0.371. The Kier molecular flexibility index (Phi) is 9.62. The van der Waals surface area contributed by atoms with E-state index in [2.05, 4.69) is 45.6 Å². The lowest BCUT2D eigenvalue weighted by Crippen LogP contribution is -2.47. The summed E-state index contributed by atoms with van der Waals surface area (Å²) in [4.78, 5) is 30.3. The topological polar surface area (TPSA) is 73.9 Å². The second-order valence-corrected chi connectivity index (χ2v) is 9.52. The number of methoxy groups -OCH3 is 1. The molecule has 0 unspecified atom stereocenters. The molecule has 3 aromatic carbocycles. The zero-order chi connectivity index (χ0) is 26.7. The van der Waals surface area contributed by atoms with E-state index in [4.69, 9.17) is 4.74 Å². The molecule has 0 saturated carbocycles.